The van der Waals surface area contributed by atoms with Crippen molar-refractivity contribution in [2.24, 2.45) is 0 Å². The fourth-order valence-corrected chi connectivity index (χ4v) is 2.18. The number of aliphatic hydroxyl groups is 1. The summed E-state index contributed by atoms with van der Waals surface area (Å²) in [7, 11) is 0. The minimum absolute atomic E-state index is 0.0482. The van der Waals surface area contributed by atoms with Crippen LogP contribution in [-0.4, -0.2) is 29.9 Å². The van der Waals surface area contributed by atoms with Crippen LogP contribution in [0.1, 0.15) is 39.2 Å². The summed E-state index contributed by atoms with van der Waals surface area (Å²) in [6.45, 7) is 9.18. The maximum absolute atomic E-state index is 9.95. The third-order valence-electron chi connectivity index (χ3n) is 3.26. The van der Waals surface area contributed by atoms with E-state index < -0.39 is 6.10 Å². The van der Waals surface area contributed by atoms with Crippen LogP contribution in [-0.2, 0) is 0 Å². The molecule has 0 saturated heterocycles. The molecule has 0 spiro atoms. The van der Waals surface area contributed by atoms with E-state index >= 15 is 0 Å². The van der Waals surface area contributed by atoms with Crippen molar-refractivity contribution in [3.05, 3.63) is 28.8 Å². The third-order valence-corrected chi connectivity index (χ3v) is 3.69. The van der Waals surface area contributed by atoms with E-state index in [-0.39, 0.29) is 12.1 Å². The number of aryl methyl sites for hydroxylation is 1. The average molecular weight is 300 g/mol. The zero-order valence-electron chi connectivity index (χ0n) is 12.9. The first-order valence-corrected chi connectivity index (χ1v) is 7.54. The van der Waals surface area contributed by atoms with Gasteiger partial charge in [-0.1, -0.05) is 24.9 Å². The first-order valence-electron chi connectivity index (χ1n) is 7.16. The largest absolute Gasteiger partial charge is 0.491 e. The Bertz CT molecular complexity index is 421. The lowest BCUT2D eigenvalue weighted by molar-refractivity contribution is 0.0980. The Hall–Kier alpha value is -0.770. The summed E-state index contributed by atoms with van der Waals surface area (Å²) in [6.07, 6.45) is 1.68. The van der Waals surface area contributed by atoms with Gasteiger partial charge in [-0.25, -0.2) is 0 Å². The van der Waals surface area contributed by atoms with Crippen LogP contribution in [0.5, 0.6) is 5.75 Å². The van der Waals surface area contributed by atoms with Crippen LogP contribution in [0.3, 0.4) is 0 Å². The maximum Gasteiger partial charge on any atom is 0.119 e. The van der Waals surface area contributed by atoms with Crippen molar-refractivity contribution in [3.8, 4) is 5.75 Å². The summed E-state index contributed by atoms with van der Waals surface area (Å²) in [5.41, 5.74) is 1.02. The summed E-state index contributed by atoms with van der Waals surface area (Å²) < 4.78 is 5.58. The quantitative estimate of drug-likeness (QED) is 0.771. The molecule has 0 heterocycles. The maximum atomic E-state index is 9.95. The van der Waals surface area contributed by atoms with Crippen molar-refractivity contribution in [1.29, 1.82) is 0 Å². The van der Waals surface area contributed by atoms with Gasteiger partial charge in [0.1, 0.15) is 18.5 Å². The standard InChI is InChI=1S/C16H26ClNO2/c1-5-8-16(3,4)18-10-13(19)11-20-14-6-7-15(17)12(2)9-14/h6-7,9,13,18-19H,5,8,10-11H2,1-4H3. The SMILES string of the molecule is CCCC(C)(C)NCC(O)COc1ccc(Cl)c(C)c1. The van der Waals surface area contributed by atoms with Gasteiger partial charge in [0, 0.05) is 17.1 Å². The van der Waals surface area contributed by atoms with E-state index in [1.165, 1.54) is 0 Å². The molecule has 0 amide bonds. The fourth-order valence-electron chi connectivity index (χ4n) is 2.07. The lowest BCUT2D eigenvalue weighted by atomic mass is 9.99. The first kappa shape index (κ1) is 17.3. The molecule has 1 unspecified atom stereocenters. The first-order chi connectivity index (χ1) is 9.34. The van der Waals surface area contributed by atoms with Crippen LogP contribution >= 0.6 is 11.6 Å². The molecule has 1 aromatic carbocycles. The van der Waals surface area contributed by atoms with Crippen molar-refractivity contribution < 1.29 is 9.84 Å². The molecule has 0 radical (unpaired) electrons. The van der Waals surface area contributed by atoms with Gasteiger partial charge in [-0.15, -0.1) is 0 Å². The summed E-state index contributed by atoms with van der Waals surface area (Å²) in [5.74, 6) is 0.735. The molecule has 1 aromatic rings. The number of β-amino-alcohol motifs (C(OH)–C–C–N with tert-alkyl or cyclic N) is 1. The molecule has 0 aromatic heterocycles. The average Bonchev–Trinajstić information content (AvgIpc) is 2.38. The molecule has 0 aliphatic rings. The number of halogens is 1. The smallest absolute Gasteiger partial charge is 0.119 e. The highest BCUT2D eigenvalue weighted by atomic mass is 35.5. The van der Waals surface area contributed by atoms with Crippen LogP contribution in [0.15, 0.2) is 18.2 Å². The summed E-state index contributed by atoms with van der Waals surface area (Å²) in [5, 5.41) is 14.0. The Morgan fingerprint density at radius 3 is 2.70 bits per heavy atom. The molecular weight excluding hydrogens is 274 g/mol. The van der Waals surface area contributed by atoms with Gasteiger partial charge in [0.15, 0.2) is 0 Å². The topological polar surface area (TPSA) is 41.5 Å². The number of hydrogen-bond acceptors (Lipinski definition) is 3. The second-order valence-electron chi connectivity index (χ2n) is 5.89. The number of aliphatic hydroxyl groups excluding tert-OH is 1. The van der Waals surface area contributed by atoms with Crippen molar-refractivity contribution in [2.75, 3.05) is 13.2 Å². The molecule has 20 heavy (non-hydrogen) atoms. The van der Waals surface area contributed by atoms with E-state index in [1.54, 1.807) is 6.07 Å². The van der Waals surface area contributed by atoms with Gasteiger partial charge >= 0.3 is 0 Å². The Balaban J connectivity index is 2.36. The number of rotatable bonds is 8. The Labute approximate surface area is 127 Å². The highest BCUT2D eigenvalue weighted by Crippen LogP contribution is 2.21. The summed E-state index contributed by atoms with van der Waals surface area (Å²) in [6, 6.07) is 5.50. The van der Waals surface area contributed by atoms with Gasteiger partial charge < -0.3 is 15.2 Å². The molecule has 0 fully saturated rings. The number of nitrogens with one attached hydrogen (secondary N) is 1. The molecule has 1 rings (SSSR count). The highest BCUT2D eigenvalue weighted by Gasteiger charge is 2.17. The summed E-state index contributed by atoms with van der Waals surface area (Å²) in [4.78, 5) is 0. The fraction of sp³-hybridized carbons (Fsp3) is 0.625. The zero-order valence-corrected chi connectivity index (χ0v) is 13.6. The number of benzene rings is 1. The minimum Gasteiger partial charge on any atom is -0.491 e. The molecule has 0 saturated carbocycles. The van der Waals surface area contributed by atoms with Crippen LogP contribution < -0.4 is 10.1 Å². The van der Waals surface area contributed by atoms with E-state index in [2.05, 4.69) is 26.1 Å². The van der Waals surface area contributed by atoms with Crippen molar-refractivity contribution in [1.82, 2.24) is 5.32 Å². The van der Waals surface area contributed by atoms with E-state index in [0.717, 1.165) is 29.2 Å². The predicted octanol–water partition coefficient (Wildman–Crippen LogP) is 3.56. The normalized spacial score (nSPS) is 13.3. The van der Waals surface area contributed by atoms with Crippen molar-refractivity contribution >= 4 is 11.6 Å². The molecule has 0 aliphatic heterocycles. The number of ether oxygens (including phenoxy) is 1. The molecule has 3 nitrogen and oxygen atoms in total. The third kappa shape index (κ3) is 6.12. The van der Waals surface area contributed by atoms with E-state index in [0.29, 0.717) is 6.54 Å². The lowest BCUT2D eigenvalue weighted by Gasteiger charge is -2.27. The Morgan fingerprint density at radius 2 is 2.10 bits per heavy atom. The predicted molar refractivity (Wildman–Crippen MR) is 84.7 cm³/mol. The van der Waals surface area contributed by atoms with Crippen LogP contribution in [0.4, 0.5) is 0 Å². The second-order valence-corrected chi connectivity index (χ2v) is 6.30. The second kappa shape index (κ2) is 7.87. The Kier molecular flexibility index (Phi) is 6.80. The van der Waals surface area contributed by atoms with Crippen LogP contribution in [0.2, 0.25) is 5.02 Å². The van der Waals surface area contributed by atoms with E-state index in [4.69, 9.17) is 16.3 Å². The lowest BCUT2D eigenvalue weighted by Crippen LogP contribution is -2.44. The van der Waals surface area contributed by atoms with Gasteiger partial charge in [-0.3, -0.25) is 0 Å². The monoisotopic (exact) mass is 299 g/mol. The van der Waals surface area contributed by atoms with Crippen molar-refractivity contribution in [2.45, 2.75) is 52.2 Å². The van der Waals surface area contributed by atoms with Gasteiger partial charge in [0.05, 0.1) is 0 Å². The molecule has 0 bridgehead atoms. The highest BCUT2D eigenvalue weighted by molar-refractivity contribution is 6.31. The zero-order chi connectivity index (χ0) is 15.2. The molecule has 114 valence electrons. The molecule has 0 aliphatic carbocycles. The molecule has 4 heteroatoms. The van der Waals surface area contributed by atoms with Crippen LogP contribution in [0.25, 0.3) is 0 Å². The van der Waals surface area contributed by atoms with Gasteiger partial charge in [0.2, 0.25) is 0 Å². The van der Waals surface area contributed by atoms with Gasteiger partial charge in [-0.05, 0) is 51.0 Å². The van der Waals surface area contributed by atoms with Gasteiger partial charge in [0.25, 0.3) is 0 Å². The molecule has 2 N–H and O–H groups in total. The van der Waals surface area contributed by atoms with Gasteiger partial charge in [-0.2, -0.15) is 0 Å². The Morgan fingerprint density at radius 1 is 1.40 bits per heavy atom. The van der Waals surface area contributed by atoms with Crippen molar-refractivity contribution in [3.63, 3.8) is 0 Å². The molecular formula is C16H26ClNO2. The number of hydrogen-bond donors (Lipinski definition) is 2. The van der Waals surface area contributed by atoms with Crippen LogP contribution in [0, 0.1) is 6.92 Å². The summed E-state index contributed by atoms with van der Waals surface area (Å²) >= 11 is 5.96. The van der Waals surface area contributed by atoms with E-state index in [1.807, 2.05) is 19.1 Å². The minimum atomic E-state index is -0.526. The molecule has 1 atom stereocenters. The van der Waals surface area contributed by atoms with E-state index in [9.17, 15) is 5.11 Å².